The molecule has 32 heavy (non-hydrogen) atoms. The van der Waals surface area contributed by atoms with E-state index in [2.05, 4.69) is 6.92 Å². The monoisotopic (exact) mass is 448 g/mol. The van der Waals surface area contributed by atoms with Crippen molar-refractivity contribution >= 4 is 17.7 Å². The van der Waals surface area contributed by atoms with Gasteiger partial charge < -0.3 is 14.2 Å². The average molecular weight is 449 g/mol. The minimum atomic E-state index is -0.383. The van der Waals surface area contributed by atoms with Gasteiger partial charge in [0, 0.05) is 26.9 Å². The molecule has 4 rings (SSSR count). The van der Waals surface area contributed by atoms with E-state index in [1.54, 1.807) is 0 Å². The van der Waals surface area contributed by atoms with Crippen LogP contribution < -0.4 is 0 Å². The highest BCUT2D eigenvalue weighted by molar-refractivity contribution is 5.85. The van der Waals surface area contributed by atoms with E-state index in [-0.39, 0.29) is 47.2 Å². The van der Waals surface area contributed by atoms with Crippen molar-refractivity contribution in [3.8, 4) is 0 Å². The third kappa shape index (κ3) is 4.01. The van der Waals surface area contributed by atoms with E-state index in [4.69, 9.17) is 14.2 Å². The molecule has 4 saturated carbocycles. The van der Waals surface area contributed by atoms with Crippen LogP contribution in [0.3, 0.4) is 0 Å². The van der Waals surface area contributed by atoms with E-state index in [0.717, 1.165) is 58.0 Å². The number of methoxy groups -OCH3 is 1. The van der Waals surface area contributed by atoms with Gasteiger partial charge in [-0.3, -0.25) is 14.4 Å². The van der Waals surface area contributed by atoms with Crippen molar-refractivity contribution < 1.29 is 28.6 Å². The van der Waals surface area contributed by atoms with E-state index in [9.17, 15) is 14.4 Å². The molecule has 180 valence electrons. The lowest BCUT2D eigenvalue weighted by Gasteiger charge is -2.61. The Kier molecular flexibility index (Phi) is 6.73. The molecule has 0 unspecified atom stereocenters. The quantitative estimate of drug-likeness (QED) is 0.563. The lowest BCUT2D eigenvalue weighted by molar-refractivity contribution is -0.174. The molecule has 8 atom stereocenters. The summed E-state index contributed by atoms with van der Waals surface area (Å²) in [4.78, 5) is 35.7. The van der Waals surface area contributed by atoms with Crippen LogP contribution >= 0.6 is 0 Å². The second-order valence-electron chi connectivity index (χ2n) is 11.2. The zero-order chi connectivity index (χ0) is 23.1. The molecule has 0 bridgehead atoms. The zero-order valence-corrected chi connectivity index (χ0v) is 20.2. The Hall–Kier alpha value is -1.43. The molecule has 0 heterocycles. The molecular weight excluding hydrogens is 408 g/mol. The van der Waals surface area contributed by atoms with Gasteiger partial charge in [0.1, 0.15) is 12.7 Å². The summed E-state index contributed by atoms with van der Waals surface area (Å²) < 4.78 is 16.5. The van der Waals surface area contributed by atoms with Gasteiger partial charge in [-0.2, -0.15) is 0 Å². The summed E-state index contributed by atoms with van der Waals surface area (Å²) in [5.41, 5.74) is 0.171. The number of fused-ring (bicyclic) bond motifs is 5. The first kappa shape index (κ1) is 23.7. The molecule has 4 fully saturated rings. The molecule has 0 aromatic rings. The van der Waals surface area contributed by atoms with Gasteiger partial charge >= 0.3 is 11.9 Å². The number of hydrogen-bond donors (Lipinski definition) is 0. The van der Waals surface area contributed by atoms with Crippen molar-refractivity contribution in [2.24, 2.45) is 40.4 Å². The van der Waals surface area contributed by atoms with E-state index in [0.29, 0.717) is 23.7 Å². The molecule has 0 aliphatic heterocycles. The summed E-state index contributed by atoms with van der Waals surface area (Å²) >= 11 is 0. The maximum atomic E-state index is 12.9. The third-order valence-electron chi connectivity index (χ3n) is 9.87. The highest BCUT2D eigenvalue weighted by atomic mass is 16.5. The second kappa shape index (κ2) is 9.08. The standard InChI is InChI=1S/C26H40O6/c1-16(27)31-14-24(29)23-8-7-21-20-6-5-18-13-19(32-17(2)28)9-12-26(18,15-30-4)22(20)10-11-25(21,23)3/h18-23H,5-15H2,1-4H3/t18-,19+,20-,21-,22-,23+,25-,26+/m0/s1. The molecule has 0 spiro atoms. The van der Waals surface area contributed by atoms with E-state index in [1.165, 1.54) is 20.3 Å². The van der Waals surface area contributed by atoms with Gasteiger partial charge in [-0.1, -0.05) is 6.92 Å². The fraction of sp³-hybridized carbons (Fsp3) is 0.885. The minimum Gasteiger partial charge on any atom is -0.463 e. The normalized spacial score (nSPS) is 42.9. The highest BCUT2D eigenvalue weighted by Gasteiger charge is 2.62. The lowest BCUT2D eigenvalue weighted by Crippen LogP contribution is -2.57. The molecule has 6 nitrogen and oxygen atoms in total. The number of ether oxygens (including phenoxy) is 3. The molecule has 0 aromatic carbocycles. The molecule has 0 saturated heterocycles. The number of carbonyl (C=O) groups is 3. The number of rotatable bonds is 6. The summed E-state index contributed by atoms with van der Waals surface area (Å²) in [7, 11) is 1.82. The number of esters is 2. The largest absolute Gasteiger partial charge is 0.463 e. The molecule has 0 radical (unpaired) electrons. The minimum absolute atomic E-state index is 0.00333. The van der Waals surface area contributed by atoms with Crippen molar-refractivity contribution in [1.82, 2.24) is 0 Å². The van der Waals surface area contributed by atoms with Crippen LogP contribution in [-0.4, -0.2) is 44.1 Å². The summed E-state index contributed by atoms with van der Waals surface area (Å²) in [6.07, 6.45) is 9.53. The fourth-order valence-electron chi connectivity index (χ4n) is 8.70. The molecule has 0 aromatic heterocycles. The van der Waals surface area contributed by atoms with Crippen molar-refractivity contribution in [1.29, 1.82) is 0 Å². The summed E-state index contributed by atoms with van der Waals surface area (Å²) in [5.74, 6) is 1.87. The van der Waals surface area contributed by atoms with Crippen LogP contribution in [0.2, 0.25) is 0 Å². The van der Waals surface area contributed by atoms with Crippen LogP contribution in [0.5, 0.6) is 0 Å². The Morgan fingerprint density at radius 3 is 2.38 bits per heavy atom. The van der Waals surface area contributed by atoms with Gasteiger partial charge in [-0.25, -0.2) is 0 Å². The topological polar surface area (TPSA) is 78.9 Å². The van der Waals surface area contributed by atoms with Gasteiger partial charge in [0.25, 0.3) is 0 Å². The summed E-state index contributed by atoms with van der Waals surface area (Å²) in [6, 6.07) is 0. The molecule has 0 amide bonds. The Labute approximate surface area is 192 Å². The molecule has 4 aliphatic rings. The SMILES string of the molecule is COC[C@]12CC[C@@H](OC(C)=O)C[C@@H]1CC[C@H]1[C@@H]3CC[C@H](C(=O)COC(C)=O)[C@@]3(C)CC[C@@H]12. The van der Waals surface area contributed by atoms with Crippen molar-refractivity contribution in [3.05, 3.63) is 0 Å². The second-order valence-corrected chi connectivity index (χ2v) is 11.2. The van der Waals surface area contributed by atoms with Crippen molar-refractivity contribution in [2.75, 3.05) is 20.3 Å². The maximum absolute atomic E-state index is 12.9. The van der Waals surface area contributed by atoms with E-state index >= 15 is 0 Å². The Balaban J connectivity index is 1.53. The smallest absolute Gasteiger partial charge is 0.303 e. The Morgan fingerprint density at radius 1 is 0.906 bits per heavy atom. The first-order valence-electron chi connectivity index (χ1n) is 12.5. The fourth-order valence-corrected chi connectivity index (χ4v) is 8.70. The van der Waals surface area contributed by atoms with Crippen LogP contribution in [0.4, 0.5) is 0 Å². The van der Waals surface area contributed by atoms with Crippen LogP contribution in [0.1, 0.15) is 78.6 Å². The number of carbonyl (C=O) groups excluding carboxylic acids is 3. The molecule has 6 heteroatoms. The first-order chi connectivity index (χ1) is 15.2. The van der Waals surface area contributed by atoms with Crippen LogP contribution in [0.25, 0.3) is 0 Å². The van der Waals surface area contributed by atoms with Crippen LogP contribution in [0.15, 0.2) is 0 Å². The number of ketones is 1. The lowest BCUT2D eigenvalue weighted by atomic mass is 9.44. The van der Waals surface area contributed by atoms with Gasteiger partial charge in [-0.05, 0) is 92.3 Å². The van der Waals surface area contributed by atoms with Crippen LogP contribution in [-0.2, 0) is 28.6 Å². The number of Topliss-reactive ketones (excluding diaryl/α,β-unsaturated/α-hetero) is 1. The predicted octanol–water partition coefficient (Wildman–Crippen LogP) is 4.34. The van der Waals surface area contributed by atoms with Gasteiger partial charge in [0.2, 0.25) is 0 Å². The van der Waals surface area contributed by atoms with Gasteiger partial charge in [-0.15, -0.1) is 0 Å². The zero-order valence-electron chi connectivity index (χ0n) is 20.2. The molecule has 4 aliphatic carbocycles. The highest BCUT2D eigenvalue weighted by Crippen LogP contribution is 2.67. The van der Waals surface area contributed by atoms with Crippen LogP contribution in [0, 0.1) is 40.4 Å². The third-order valence-corrected chi connectivity index (χ3v) is 9.87. The Morgan fingerprint density at radius 2 is 1.69 bits per heavy atom. The average Bonchev–Trinajstić information content (AvgIpc) is 3.09. The molecule has 0 N–H and O–H groups in total. The molecular formula is C26H40O6. The van der Waals surface area contributed by atoms with Crippen molar-refractivity contribution in [2.45, 2.75) is 84.7 Å². The van der Waals surface area contributed by atoms with E-state index in [1.807, 2.05) is 7.11 Å². The predicted molar refractivity (Wildman–Crippen MR) is 119 cm³/mol. The Bertz CT molecular complexity index is 749. The maximum Gasteiger partial charge on any atom is 0.303 e. The summed E-state index contributed by atoms with van der Waals surface area (Å²) in [6.45, 7) is 5.90. The van der Waals surface area contributed by atoms with Gasteiger partial charge in [0.15, 0.2) is 5.78 Å². The number of hydrogen-bond acceptors (Lipinski definition) is 6. The van der Waals surface area contributed by atoms with Crippen molar-refractivity contribution in [3.63, 3.8) is 0 Å². The van der Waals surface area contributed by atoms with E-state index < -0.39 is 0 Å². The van der Waals surface area contributed by atoms with Gasteiger partial charge in [0.05, 0.1) is 6.61 Å². The first-order valence-corrected chi connectivity index (χ1v) is 12.5. The summed E-state index contributed by atoms with van der Waals surface area (Å²) in [5, 5.41) is 0.